The van der Waals surface area contributed by atoms with Crippen molar-refractivity contribution >= 4 is 0 Å². The lowest BCUT2D eigenvalue weighted by Crippen LogP contribution is -2.38. The van der Waals surface area contributed by atoms with Crippen LogP contribution in [-0.4, -0.2) is 49.3 Å². The van der Waals surface area contributed by atoms with Gasteiger partial charge in [-0.3, -0.25) is 0 Å². The Bertz CT molecular complexity index is 270. The van der Waals surface area contributed by atoms with Gasteiger partial charge in [0.15, 0.2) is 0 Å². The lowest BCUT2D eigenvalue weighted by molar-refractivity contribution is -0.0351. The third kappa shape index (κ3) is 3.71. The van der Waals surface area contributed by atoms with Crippen molar-refractivity contribution in [1.82, 2.24) is 10.2 Å². The van der Waals surface area contributed by atoms with Crippen molar-refractivity contribution in [2.75, 3.05) is 32.7 Å². The van der Waals surface area contributed by atoms with Crippen LogP contribution in [0, 0.1) is 0 Å². The molecule has 1 spiro atoms. The molecule has 1 N–H and O–H groups in total. The minimum absolute atomic E-state index is 0.305. The first-order valence-corrected chi connectivity index (χ1v) is 8.47. The normalized spacial score (nSPS) is 31.3. The summed E-state index contributed by atoms with van der Waals surface area (Å²) in [6, 6.07) is 0. The summed E-state index contributed by atoms with van der Waals surface area (Å²) in [5, 5.41) is 3.61. The zero-order valence-electron chi connectivity index (χ0n) is 12.3. The summed E-state index contributed by atoms with van der Waals surface area (Å²) in [6.45, 7) is 6.04. The number of piperidine rings is 1. The summed E-state index contributed by atoms with van der Waals surface area (Å²) in [5.74, 6) is 0. The van der Waals surface area contributed by atoms with Crippen LogP contribution in [0.2, 0.25) is 0 Å². The lowest BCUT2D eigenvalue weighted by atomic mass is 9.98. The zero-order chi connectivity index (χ0) is 13.0. The molecule has 0 aromatic heterocycles. The molecule has 110 valence electrons. The largest absolute Gasteiger partial charge is 0.370 e. The van der Waals surface area contributed by atoms with Crippen molar-refractivity contribution in [3.8, 4) is 0 Å². The predicted octanol–water partition coefficient (Wildman–Crippen LogP) is 2.55. The third-order valence-corrected chi connectivity index (χ3v) is 5.28. The molecule has 3 aliphatic rings. The molecule has 3 nitrogen and oxygen atoms in total. The van der Waals surface area contributed by atoms with E-state index in [1.165, 1.54) is 77.4 Å². The van der Waals surface area contributed by atoms with Crippen molar-refractivity contribution in [1.29, 1.82) is 0 Å². The Morgan fingerprint density at radius 2 is 1.79 bits per heavy atom. The van der Waals surface area contributed by atoms with Gasteiger partial charge in [0, 0.05) is 19.6 Å². The highest BCUT2D eigenvalue weighted by Gasteiger charge is 2.41. The van der Waals surface area contributed by atoms with E-state index in [-0.39, 0.29) is 0 Å². The Hall–Kier alpha value is -0.120. The van der Waals surface area contributed by atoms with Crippen LogP contribution < -0.4 is 5.32 Å². The fourth-order valence-electron chi connectivity index (χ4n) is 4.11. The van der Waals surface area contributed by atoms with E-state index >= 15 is 0 Å². The van der Waals surface area contributed by atoms with E-state index in [9.17, 15) is 0 Å². The van der Waals surface area contributed by atoms with Crippen molar-refractivity contribution in [3.63, 3.8) is 0 Å². The van der Waals surface area contributed by atoms with Crippen molar-refractivity contribution in [2.45, 2.75) is 69.5 Å². The minimum Gasteiger partial charge on any atom is -0.370 e. The van der Waals surface area contributed by atoms with Gasteiger partial charge in [-0.1, -0.05) is 19.3 Å². The van der Waals surface area contributed by atoms with E-state index in [1.54, 1.807) is 0 Å². The molecule has 1 aliphatic carbocycles. The number of ether oxygens (including phenoxy) is 1. The molecule has 2 heterocycles. The Labute approximate surface area is 118 Å². The molecule has 0 aromatic rings. The molecule has 3 rings (SSSR count). The van der Waals surface area contributed by atoms with Crippen LogP contribution >= 0.6 is 0 Å². The van der Waals surface area contributed by atoms with E-state index < -0.39 is 0 Å². The highest BCUT2D eigenvalue weighted by Crippen LogP contribution is 2.43. The van der Waals surface area contributed by atoms with E-state index in [0.717, 1.165) is 13.1 Å². The molecule has 3 heteroatoms. The van der Waals surface area contributed by atoms with Gasteiger partial charge in [0.25, 0.3) is 0 Å². The Morgan fingerprint density at radius 1 is 1.00 bits per heavy atom. The molecule has 1 saturated carbocycles. The first kappa shape index (κ1) is 13.8. The van der Waals surface area contributed by atoms with Crippen LogP contribution in [0.4, 0.5) is 0 Å². The lowest BCUT2D eigenvalue weighted by Gasteiger charge is -2.27. The molecular formula is C16H30N2O. The number of rotatable bonds is 5. The second kappa shape index (κ2) is 6.55. The van der Waals surface area contributed by atoms with Crippen LogP contribution in [0.1, 0.15) is 57.8 Å². The molecule has 2 aliphatic heterocycles. The van der Waals surface area contributed by atoms with E-state index in [2.05, 4.69) is 10.2 Å². The quantitative estimate of drug-likeness (QED) is 0.774. The third-order valence-electron chi connectivity index (χ3n) is 5.28. The second-order valence-corrected chi connectivity index (χ2v) is 6.78. The number of hydrogen-bond donors (Lipinski definition) is 1. The molecule has 1 atom stereocenters. The number of hydrogen-bond acceptors (Lipinski definition) is 3. The SMILES string of the molecule is C1CCN(CCNCC2CCC3(CCCC3)O2)CC1. The average Bonchev–Trinajstić information content (AvgIpc) is 3.07. The van der Waals surface area contributed by atoms with Gasteiger partial charge < -0.3 is 15.0 Å². The van der Waals surface area contributed by atoms with Crippen LogP contribution in [0.3, 0.4) is 0 Å². The summed E-state index contributed by atoms with van der Waals surface area (Å²) in [5.41, 5.74) is 0.305. The summed E-state index contributed by atoms with van der Waals surface area (Å²) in [4.78, 5) is 2.60. The van der Waals surface area contributed by atoms with Gasteiger partial charge in [-0.2, -0.15) is 0 Å². The van der Waals surface area contributed by atoms with E-state index in [4.69, 9.17) is 4.74 Å². The van der Waals surface area contributed by atoms with Crippen molar-refractivity contribution in [3.05, 3.63) is 0 Å². The van der Waals surface area contributed by atoms with Gasteiger partial charge in [0.2, 0.25) is 0 Å². The maximum Gasteiger partial charge on any atom is 0.0708 e. The fraction of sp³-hybridized carbons (Fsp3) is 1.00. The van der Waals surface area contributed by atoms with Crippen LogP contribution in [0.15, 0.2) is 0 Å². The van der Waals surface area contributed by atoms with Crippen LogP contribution in [0.5, 0.6) is 0 Å². The summed E-state index contributed by atoms with van der Waals surface area (Å²) >= 11 is 0. The first-order chi connectivity index (χ1) is 9.36. The minimum atomic E-state index is 0.305. The monoisotopic (exact) mass is 266 g/mol. The standard InChI is InChI=1S/C16H30N2O/c1-4-11-18(12-5-1)13-10-17-14-15-6-9-16(19-15)7-2-3-8-16/h15,17H,1-14H2. The molecule has 0 bridgehead atoms. The first-order valence-electron chi connectivity index (χ1n) is 8.47. The van der Waals surface area contributed by atoms with Gasteiger partial charge in [-0.15, -0.1) is 0 Å². The summed E-state index contributed by atoms with van der Waals surface area (Å²) in [7, 11) is 0. The highest BCUT2D eigenvalue weighted by atomic mass is 16.5. The molecule has 2 saturated heterocycles. The second-order valence-electron chi connectivity index (χ2n) is 6.78. The molecule has 0 amide bonds. The van der Waals surface area contributed by atoms with Gasteiger partial charge in [-0.25, -0.2) is 0 Å². The van der Waals surface area contributed by atoms with E-state index in [0.29, 0.717) is 11.7 Å². The molecule has 3 fully saturated rings. The van der Waals surface area contributed by atoms with Gasteiger partial charge >= 0.3 is 0 Å². The van der Waals surface area contributed by atoms with E-state index in [1.807, 2.05) is 0 Å². The van der Waals surface area contributed by atoms with Crippen LogP contribution in [0.25, 0.3) is 0 Å². The maximum atomic E-state index is 6.33. The topological polar surface area (TPSA) is 24.5 Å². The molecular weight excluding hydrogens is 236 g/mol. The van der Waals surface area contributed by atoms with Gasteiger partial charge in [0.1, 0.15) is 0 Å². The molecule has 19 heavy (non-hydrogen) atoms. The van der Waals surface area contributed by atoms with Crippen molar-refractivity contribution < 1.29 is 4.74 Å². The number of nitrogens with one attached hydrogen (secondary N) is 1. The smallest absolute Gasteiger partial charge is 0.0708 e. The summed E-state index contributed by atoms with van der Waals surface area (Å²) < 4.78 is 6.33. The number of nitrogens with zero attached hydrogens (tertiary/aromatic N) is 1. The maximum absolute atomic E-state index is 6.33. The fourth-order valence-corrected chi connectivity index (χ4v) is 4.11. The Kier molecular flexibility index (Phi) is 4.78. The van der Waals surface area contributed by atoms with Gasteiger partial charge in [0.05, 0.1) is 11.7 Å². The average molecular weight is 266 g/mol. The summed E-state index contributed by atoms with van der Waals surface area (Å²) in [6.07, 6.45) is 12.7. The predicted molar refractivity (Wildman–Crippen MR) is 78.5 cm³/mol. The Morgan fingerprint density at radius 3 is 2.58 bits per heavy atom. The highest BCUT2D eigenvalue weighted by molar-refractivity contribution is 4.93. The van der Waals surface area contributed by atoms with Crippen molar-refractivity contribution in [2.24, 2.45) is 0 Å². The number of likely N-dealkylation sites (tertiary alicyclic amines) is 1. The molecule has 1 unspecified atom stereocenters. The Balaban J connectivity index is 1.28. The molecule has 0 aromatic carbocycles. The van der Waals surface area contributed by atoms with Gasteiger partial charge in [-0.05, 0) is 51.6 Å². The molecule has 0 radical (unpaired) electrons. The zero-order valence-corrected chi connectivity index (χ0v) is 12.3. The van der Waals surface area contributed by atoms with Crippen LogP contribution in [-0.2, 0) is 4.74 Å².